The van der Waals surface area contributed by atoms with Crippen LogP contribution in [0, 0.1) is 17.5 Å². The van der Waals surface area contributed by atoms with Crippen LogP contribution in [0.4, 0.5) is 13.2 Å². The highest BCUT2D eigenvalue weighted by Gasteiger charge is 2.37. The van der Waals surface area contributed by atoms with Crippen molar-refractivity contribution in [3.05, 3.63) is 62.8 Å². The summed E-state index contributed by atoms with van der Waals surface area (Å²) in [6, 6.07) is 0.549. The van der Waals surface area contributed by atoms with E-state index in [2.05, 4.69) is 10.6 Å². The van der Waals surface area contributed by atoms with Gasteiger partial charge in [-0.3, -0.25) is 14.4 Å². The molecule has 2 aromatic rings. The molecular weight excluding hydrogens is 403 g/mol. The van der Waals surface area contributed by atoms with Crippen molar-refractivity contribution in [3.8, 4) is 5.75 Å². The molecule has 0 unspecified atom stereocenters. The van der Waals surface area contributed by atoms with E-state index in [1.54, 1.807) is 0 Å². The van der Waals surface area contributed by atoms with Crippen LogP contribution >= 0.6 is 0 Å². The summed E-state index contributed by atoms with van der Waals surface area (Å²) in [6.07, 6.45) is 4.42. The summed E-state index contributed by atoms with van der Waals surface area (Å²) in [5, 5.41) is 15.3. The molecule has 30 heavy (non-hydrogen) atoms. The third-order valence-corrected chi connectivity index (χ3v) is 5.60. The summed E-state index contributed by atoms with van der Waals surface area (Å²) in [7, 11) is 0. The molecule has 0 saturated heterocycles. The van der Waals surface area contributed by atoms with E-state index in [0.717, 1.165) is 19.3 Å². The van der Waals surface area contributed by atoms with Gasteiger partial charge in [0.1, 0.15) is 23.0 Å². The number of hydrogen-bond acceptors (Lipinski definition) is 4. The molecule has 4 rings (SSSR count). The standard InChI is InChI=1S/C20H18F3N3O4/c21-9-5-12(22)10(13(23)6-9)7-24-19(29)11-8-26-15-4-2-1-3-14(15)25-20(30)16(26)18(28)17(11)27/h5-6,8,14-15,28H,1-4,7H2,(H,24,29)(H,25,30)/t14-,15+/m0/s1. The molecule has 1 saturated carbocycles. The van der Waals surface area contributed by atoms with Crippen LogP contribution in [-0.4, -0.2) is 27.5 Å². The minimum Gasteiger partial charge on any atom is -0.503 e. The molecule has 1 aliphatic heterocycles. The molecule has 2 atom stereocenters. The first kappa shape index (κ1) is 20.0. The Balaban J connectivity index is 1.67. The van der Waals surface area contributed by atoms with Crippen molar-refractivity contribution in [3.63, 3.8) is 0 Å². The summed E-state index contributed by atoms with van der Waals surface area (Å²) in [5.74, 6) is -5.90. The number of benzene rings is 1. The maximum Gasteiger partial charge on any atom is 0.272 e. The Kier molecular flexibility index (Phi) is 5.00. The number of halogens is 3. The molecule has 0 radical (unpaired) electrons. The van der Waals surface area contributed by atoms with Gasteiger partial charge in [0.15, 0.2) is 11.4 Å². The molecule has 1 aromatic heterocycles. The molecule has 1 aliphatic carbocycles. The van der Waals surface area contributed by atoms with Crippen LogP contribution in [0.5, 0.6) is 5.75 Å². The second kappa shape index (κ2) is 7.51. The summed E-state index contributed by atoms with van der Waals surface area (Å²) in [6.45, 7) is -0.634. The molecule has 10 heteroatoms. The summed E-state index contributed by atoms with van der Waals surface area (Å²) < 4.78 is 42.0. The maximum atomic E-state index is 13.8. The van der Waals surface area contributed by atoms with Crippen LogP contribution in [0.1, 0.15) is 58.1 Å². The van der Waals surface area contributed by atoms with Crippen molar-refractivity contribution in [2.75, 3.05) is 0 Å². The lowest BCUT2D eigenvalue weighted by molar-refractivity contribution is 0.0838. The minimum absolute atomic E-state index is 0.182. The van der Waals surface area contributed by atoms with Gasteiger partial charge < -0.3 is 20.3 Å². The molecular formula is C20H18F3N3O4. The minimum atomic E-state index is -1.18. The molecule has 3 N–H and O–H groups in total. The number of carbonyl (C=O) groups is 2. The number of amides is 2. The number of pyridine rings is 1. The highest BCUT2D eigenvalue weighted by Crippen LogP contribution is 2.34. The number of carbonyl (C=O) groups excluding carboxylic acids is 2. The van der Waals surface area contributed by atoms with Crippen molar-refractivity contribution in [1.82, 2.24) is 15.2 Å². The Morgan fingerprint density at radius 2 is 1.83 bits per heavy atom. The molecule has 1 fully saturated rings. The maximum absolute atomic E-state index is 13.8. The largest absolute Gasteiger partial charge is 0.503 e. The number of aromatic hydroxyl groups is 1. The van der Waals surface area contributed by atoms with Gasteiger partial charge in [-0.15, -0.1) is 0 Å². The predicted molar refractivity (Wildman–Crippen MR) is 98.6 cm³/mol. The summed E-state index contributed by atoms with van der Waals surface area (Å²) in [4.78, 5) is 37.4. The van der Waals surface area contributed by atoms with E-state index in [1.165, 1.54) is 10.8 Å². The quantitative estimate of drug-likeness (QED) is 0.707. The van der Waals surface area contributed by atoms with Crippen LogP contribution in [0.25, 0.3) is 0 Å². The van der Waals surface area contributed by atoms with Crippen LogP contribution in [0.15, 0.2) is 23.1 Å². The number of nitrogens with zero attached hydrogens (tertiary/aromatic N) is 1. The normalized spacial score (nSPS) is 20.2. The van der Waals surface area contributed by atoms with Gasteiger partial charge in [0.2, 0.25) is 5.43 Å². The molecule has 2 amide bonds. The second-order valence-electron chi connectivity index (χ2n) is 7.44. The number of aromatic nitrogens is 1. The first-order chi connectivity index (χ1) is 14.3. The van der Waals surface area contributed by atoms with Gasteiger partial charge in [-0.2, -0.15) is 0 Å². The Bertz CT molecular complexity index is 1090. The van der Waals surface area contributed by atoms with E-state index < -0.39 is 58.1 Å². The van der Waals surface area contributed by atoms with E-state index >= 15 is 0 Å². The molecule has 7 nitrogen and oxygen atoms in total. The first-order valence-corrected chi connectivity index (χ1v) is 9.48. The SMILES string of the molecule is O=C(NCc1c(F)cc(F)cc1F)c1cn2c(c(O)c1=O)C(=O)N[C@H]1CCCC[C@H]12. The van der Waals surface area contributed by atoms with Gasteiger partial charge in [0.05, 0.1) is 6.04 Å². The smallest absolute Gasteiger partial charge is 0.272 e. The van der Waals surface area contributed by atoms with E-state index in [0.29, 0.717) is 18.6 Å². The lowest BCUT2D eigenvalue weighted by Gasteiger charge is -2.39. The van der Waals surface area contributed by atoms with E-state index in [9.17, 15) is 32.7 Å². The number of hydrogen-bond donors (Lipinski definition) is 3. The Hall–Kier alpha value is -3.30. The fraction of sp³-hybridized carbons (Fsp3) is 0.350. The summed E-state index contributed by atoms with van der Waals surface area (Å²) >= 11 is 0. The van der Waals surface area contributed by atoms with Crippen LogP contribution < -0.4 is 16.1 Å². The van der Waals surface area contributed by atoms with Crippen LogP contribution in [0.3, 0.4) is 0 Å². The van der Waals surface area contributed by atoms with Crippen molar-refractivity contribution >= 4 is 11.8 Å². The fourth-order valence-corrected chi connectivity index (χ4v) is 4.12. The average Bonchev–Trinajstić information content (AvgIpc) is 2.69. The molecule has 2 aliphatic rings. The van der Waals surface area contributed by atoms with E-state index in [1.807, 2.05) is 0 Å². The Morgan fingerprint density at radius 1 is 1.17 bits per heavy atom. The van der Waals surface area contributed by atoms with Crippen molar-refractivity contribution in [2.24, 2.45) is 0 Å². The highest BCUT2D eigenvalue weighted by atomic mass is 19.1. The van der Waals surface area contributed by atoms with Gasteiger partial charge in [0.25, 0.3) is 11.8 Å². The Labute approximate surface area is 168 Å². The number of fused-ring (bicyclic) bond motifs is 3. The summed E-state index contributed by atoms with van der Waals surface area (Å²) in [5.41, 5.74) is -2.31. The highest BCUT2D eigenvalue weighted by molar-refractivity contribution is 5.99. The monoisotopic (exact) mass is 421 g/mol. The Morgan fingerprint density at radius 3 is 2.53 bits per heavy atom. The lowest BCUT2D eigenvalue weighted by atomic mass is 9.87. The van der Waals surface area contributed by atoms with Crippen LogP contribution in [0.2, 0.25) is 0 Å². The van der Waals surface area contributed by atoms with Gasteiger partial charge in [-0.05, 0) is 12.8 Å². The number of nitrogens with one attached hydrogen (secondary N) is 2. The lowest BCUT2D eigenvalue weighted by Crippen LogP contribution is -2.50. The fourth-order valence-electron chi connectivity index (χ4n) is 4.12. The van der Waals surface area contributed by atoms with Crippen LogP contribution in [-0.2, 0) is 6.54 Å². The first-order valence-electron chi connectivity index (χ1n) is 9.48. The van der Waals surface area contributed by atoms with Crippen molar-refractivity contribution in [2.45, 2.75) is 44.3 Å². The van der Waals surface area contributed by atoms with Gasteiger partial charge in [-0.25, -0.2) is 13.2 Å². The zero-order valence-corrected chi connectivity index (χ0v) is 15.7. The van der Waals surface area contributed by atoms with E-state index in [-0.39, 0.29) is 17.8 Å². The van der Waals surface area contributed by atoms with E-state index in [4.69, 9.17) is 0 Å². The zero-order valence-electron chi connectivity index (χ0n) is 15.7. The van der Waals surface area contributed by atoms with Crippen molar-refractivity contribution in [1.29, 1.82) is 0 Å². The molecule has 158 valence electrons. The molecule has 0 bridgehead atoms. The predicted octanol–water partition coefficient (Wildman–Crippen LogP) is 2.13. The molecule has 1 aromatic carbocycles. The molecule has 0 spiro atoms. The van der Waals surface area contributed by atoms with Gasteiger partial charge in [0, 0.05) is 36.5 Å². The zero-order chi connectivity index (χ0) is 21.6. The molecule has 2 heterocycles. The topological polar surface area (TPSA) is 100 Å². The average molecular weight is 421 g/mol. The van der Waals surface area contributed by atoms with Gasteiger partial charge in [-0.1, -0.05) is 12.8 Å². The second-order valence-corrected chi connectivity index (χ2v) is 7.44. The number of rotatable bonds is 3. The third-order valence-electron chi connectivity index (χ3n) is 5.60. The van der Waals surface area contributed by atoms with Crippen molar-refractivity contribution < 1.29 is 27.9 Å². The third kappa shape index (κ3) is 3.31. The van der Waals surface area contributed by atoms with Gasteiger partial charge >= 0.3 is 0 Å².